The Kier molecular flexibility index (Phi) is 5.19. The van der Waals surface area contributed by atoms with Crippen molar-refractivity contribution >= 4 is 15.8 Å². The van der Waals surface area contributed by atoms with E-state index in [0.29, 0.717) is 6.07 Å². The third-order valence-corrected chi connectivity index (χ3v) is 4.33. The highest BCUT2D eigenvalue weighted by atomic mass is 32.2. The molecule has 1 heterocycles. The quantitative estimate of drug-likeness (QED) is 0.755. The molecule has 0 aliphatic carbocycles. The number of nitrogens with one attached hydrogen (secondary N) is 1. The molecule has 0 spiro atoms. The molecule has 3 N–H and O–H groups in total. The van der Waals surface area contributed by atoms with Crippen molar-refractivity contribution in [1.82, 2.24) is 14.7 Å². The lowest BCUT2D eigenvalue weighted by Crippen LogP contribution is -2.28. The van der Waals surface area contributed by atoms with Gasteiger partial charge in [0, 0.05) is 25.3 Å². The fourth-order valence-electron chi connectivity index (χ4n) is 1.76. The van der Waals surface area contributed by atoms with Gasteiger partial charge in [-0.05, 0) is 6.07 Å². The van der Waals surface area contributed by atoms with Crippen molar-refractivity contribution < 1.29 is 21.9 Å². The number of nitrogen functional groups attached to an aromatic ring is 1. The van der Waals surface area contributed by atoms with Gasteiger partial charge in [0.15, 0.2) is 0 Å². The first-order valence-electron chi connectivity index (χ1n) is 6.40. The van der Waals surface area contributed by atoms with Crippen LogP contribution in [0.1, 0.15) is 0 Å². The number of ether oxygens (including phenoxy) is 1. The second-order valence-electron chi connectivity index (χ2n) is 4.48. The Morgan fingerprint density at radius 1 is 1.22 bits per heavy atom. The number of hydrogen-bond acceptors (Lipinski definition) is 6. The molecule has 2 aromatic rings. The van der Waals surface area contributed by atoms with Gasteiger partial charge in [0.25, 0.3) is 0 Å². The minimum atomic E-state index is -4.16. The fourth-order valence-corrected chi connectivity index (χ4v) is 2.86. The molecule has 0 radical (unpaired) electrons. The molecule has 0 aliphatic heterocycles. The lowest BCUT2D eigenvalue weighted by atomic mass is 10.1. The summed E-state index contributed by atoms with van der Waals surface area (Å²) in [5.74, 6) is -2.05. The first kappa shape index (κ1) is 17.2. The van der Waals surface area contributed by atoms with Crippen molar-refractivity contribution in [3.8, 4) is 11.3 Å². The maximum Gasteiger partial charge on any atom is 0.243 e. The molecule has 1 aromatic carbocycles. The second kappa shape index (κ2) is 6.94. The molecule has 0 saturated carbocycles. The lowest BCUT2D eigenvalue weighted by molar-refractivity contribution is 0.204. The van der Waals surface area contributed by atoms with Crippen LogP contribution < -0.4 is 10.5 Å². The predicted molar refractivity (Wildman–Crippen MR) is 78.9 cm³/mol. The number of sulfonamides is 1. The molecule has 0 bridgehead atoms. The number of nitrogens with zero attached hydrogens (tertiary/aromatic N) is 2. The first-order valence-corrected chi connectivity index (χ1v) is 7.89. The van der Waals surface area contributed by atoms with E-state index < -0.39 is 26.6 Å². The Hall–Kier alpha value is -2.17. The average molecular weight is 344 g/mol. The minimum absolute atomic E-state index is 0.0324. The van der Waals surface area contributed by atoms with Crippen LogP contribution in [0, 0.1) is 11.6 Å². The van der Waals surface area contributed by atoms with Crippen LogP contribution in [0.15, 0.2) is 29.4 Å². The van der Waals surface area contributed by atoms with Gasteiger partial charge in [-0.1, -0.05) is 0 Å². The second-order valence-corrected chi connectivity index (χ2v) is 6.21. The Bertz CT molecular complexity index is 798. The summed E-state index contributed by atoms with van der Waals surface area (Å²) in [5, 5.41) is 0. The van der Waals surface area contributed by atoms with Crippen molar-refractivity contribution in [3.63, 3.8) is 0 Å². The molecule has 10 heteroatoms. The minimum Gasteiger partial charge on any atom is -0.383 e. The van der Waals surface area contributed by atoms with Crippen LogP contribution in [-0.2, 0) is 14.8 Å². The molecule has 2 rings (SSSR count). The smallest absolute Gasteiger partial charge is 0.243 e. The molecular weight excluding hydrogens is 330 g/mol. The number of nitrogens with two attached hydrogens (primary N) is 1. The van der Waals surface area contributed by atoms with E-state index in [1.54, 1.807) is 0 Å². The molecule has 0 aliphatic rings. The summed E-state index contributed by atoms with van der Waals surface area (Å²) in [6.07, 6.45) is 2.35. The number of halogens is 2. The molecule has 23 heavy (non-hydrogen) atoms. The Morgan fingerprint density at radius 3 is 2.57 bits per heavy atom. The fraction of sp³-hybridized carbons (Fsp3) is 0.231. The third-order valence-electron chi connectivity index (χ3n) is 2.86. The van der Waals surface area contributed by atoms with Crippen LogP contribution in [0.5, 0.6) is 0 Å². The molecule has 0 saturated heterocycles. The van der Waals surface area contributed by atoms with Crippen LogP contribution in [0.2, 0.25) is 0 Å². The van der Waals surface area contributed by atoms with E-state index in [1.165, 1.54) is 19.5 Å². The zero-order valence-corrected chi connectivity index (χ0v) is 12.9. The summed E-state index contributed by atoms with van der Waals surface area (Å²) in [6, 6.07) is 1.35. The van der Waals surface area contributed by atoms with E-state index in [9.17, 15) is 17.2 Å². The summed E-state index contributed by atoms with van der Waals surface area (Å²) in [5.41, 5.74) is 5.22. The SMILES string of the molecule is COCCNS(=O)(=O)c1cc(-c2cnc(N)cn2)c(F)cc1F. The van der Waals surface area contributed by atoms with Crippen LogP contribution in [-0.4, -0.2) is 38.6 Å². The van der Waals surface area contributed by atoms with Crippen LogP contribution >= 0.6 is 0 Å². The van der Waals surface area contributed by atoms with Gasteiger partial charge >= 0.3 is 0 Å². The summed E-state index contributed by atoms with van der Waals surface area (Å²) in [7, 11) is -2.77. The van der Waals surface area contributed by atoms with Gasteiger partial charge in [-0.25, -0.2) is 26.9 Å². The highest BCUT2D eigenvalue weighted by Gasteiger charge is 2.22. The van der Waals surface area contributed by atoms with E-state index in [1.807, 2.05) is 0 Å². The van der Waals surface area contributed by atoms with E-state index in [4.69, 9.17) is 10.5 Å². The maximum absolute atomic E-state index is 13.9. The number of anilines is 1. The monoisotopic (exact) mass is 344 g/mol. The van der Waals surface area contributed by atoms with Gasteiger partial charge < -0.3 is 10.5 Å². The predicted octanol–water partition coefficient (Wildman–Crippen LogP) is 0.929. The third kappa shape index (κ3) is 3.97. The van der Waals surface area contributed by atoms with Crippen molar-refractivity contribution in [2.24, 2.45) is 0 Å². The molecule has 7 nitrogen and oxygen atoms in total. The van der Waals surface area contributed by atoms with Crippen LogP contribution in [0.3, 0.4) is 0 Å². The van der Waals surface area contributed by atoms with Gasteiger partial charge in [-0.15, -0.1) is 0 Å². The van der Waals surface area contributed by atoms with Gasteiger partial charge in [0.1, 0.15) is 22.3 Å². The lowest BCUT2D eigenvalue weighted by Gasteiger charge is -2.10. The number of methoxy groups -OCH3 is 1. The van der Waals surface area contributed by atoms with E-state index in [2.05, 4.69) is 14.7 Å². The topological polar surface area (TPSA) is 107 Å². The maximum atomic E-state index is 13.9. The molecule has 0 atom stereocenters. The number of rotatable bonds is 6. The Labute approximate surface area is 131 Å². The normalized spacial score (nSPS) is 11.6. The first-order chi connectivity index (χ1) is 10.8. The summed E-state index contributed by atoms with van der Waals surface area (Å²) >= 11 is 0. The van der Waals surface area contributed by atoms with Gasteiger partial charge in [0.2, 0.25) is 10.0 Å². The van der Waals surface area contributed by atoms with Crippen molar-refractivity contribution in [1.29, 1.82) is 0 Å². The highest BCUT2D eigenvalue weighted by Crippen LogP contribution is 2.26. The van der Waals surface area contributed by atoms with Crippen molar-refractivity contribution in [2.45, 2.75) is 4.90 Å². The Balaban J connectivity index is 2.46. The van der Waals surface area contributed by atoms with Crippen molar-refractivity contribution in [2.75, 3.05) is 26.0 Å². The van der Waals surface area contributed by atoms with Crippen LogP contribution in [0.4, 0.5) is 14.6 Å². The molecule has 0 amide bonds. The standard InChI is InChI=1S/C13H14F2N4O3S/c1-22-3-2-19-23(20,21)12-4-8(9(14)5-10(12)15)11-6-18-13(16)7-17-11/h4-7,19H,2-3H2,1H3,(H2,16,18). The van der Waals surface area contributed by atoms with E-state index in [0.717, 1.165) is 6.07 Å². The van der Waals surface area contributed by atoms with Gasteiger partial charge in [0.05, 0.1) is 24.7 Å². The van der Waals surface area contributed by atoms with E-state index in [-0.39, 0.29) is 30.2 Å². The summed E-state index contributed by atoms with van der Waals surface area (Å²) < 4.78 is 58.9. The zero-order valence-electron chi connectivity index (χ0n) is 12.1. The highest BCUT2D eigenvalue weighted by molar-refractivity contribution is 7.89. The summed E-state index contributed by atoms with van der Waals surface area (Å²) in [4.78, 5) is 6.91. The van der Waals surface area contributed by atoms with Gasteiger partial charge in [-0.3, -0.25) is 4.98 Å². The van der Waals surface area contributed by atoms with E-state index >= 15 is 0 Å². The molecule has 1 aromatic heterocycles. The largest absolute Gasteiger partial charge is 0.383 e. The zero-order chi connectivity index (χ0) is 17.0. The van der Waals surface area contributed by atoms with Gasteiger partial charge in [-0.2, -0.15) is 0 Å². The molecule has 0 fully saturated rings. The average Bonchev–Trinajstić information content (AvgIpc) is 2.48. The number of aromatic nitrogens is 2. The van der Waals surface area contributed by atoms with Crippen molar-refractivity contribution in [3.05, 3.63) is 36.2 Å². The Morgan fingerprint density at radius 2 is 1.96 bits per heavy atom. The molecular formula is C13H14F2N4O3S. The molecule has 0 unspecified atom stereocenters. The molecule has 124 valence electrons. The van der Waals surface area contributed by atoms with Crippen LogP contribution in [0.25, 0.3) is 11.3 Å². The number of hydrogen-bond donors (Lipinski definition) is 2. The number of benzene rings is 1. The summed E-state index contributed by atoms with van der Waals surface area (Å²) in [6.45, 7) is 0.0605.